The quantitative estimate of drug-likeness (QED) is 0.778. The van der Waals surface area contributed by atoms with Crippen molar-refractivity contribution in [3.05, 3.63) is 29.3 Å². The second-order valence-electron chi connectivity index (χ2n) is 6.90. The summed E-state index contributed by atoms with van der Waals surface area (Å²) in [6.45, 7) is 0. The molecule has 0 saturated heterocycles. The molecule has 0 bridgehead atoms. The van der Waals surface area contributed by atoms with Crippen molar-refractivity contribution in [3.63, 3.8) is 0 Å². The number of fused-ring (bicyclic) bond motifs is 5. The molecule has 0 spiro atoms. The van der Waals surface area contributed by atoms with Crippen LogP contribution < -0.4 is 0 Å². The third-order valence-electron chi connectivity index (χ3n) is 6.02. The summed E-state index contributed by atoms with van der Waals surface area (Å²) < 4.78 is 0. The van der Waals surface area contributed by atoms with E-state index < -0.39 is 0 Å². The fourth-order valence-electron chi connectivity index (χ4n) is 5.19. The van der Waals surface area contributed by atoms with Crippen LogP contribution in [0.1, 0.15) is 55.6 Å². The predicted molar refractivity (Wildman–Crippen MR) is 77.7 cm³/mol. The number of benzene rings is 1. The van der Waals surface area contributed by atoms with E-state index in [1.165, 1.54) is 24.0 Å². The van der Waals surface area contributed by atoms with Gasteiger partial charge in [0.05, 0.1) is 0 Å². The Labute approximate surface area is 120 Å². The Balaban J connectivity index is 1.68. The first-order valence-electron chi connectivity index (χ1n) is 8.08. The number of Topliss-reactive ketones (excluding diaryl/α,β-unsaturated/α-hetero) is 1. The molecular weight excluding hydrogens is 248 g/mol. The summed E-state index contributed by atoms with van der Waals surface area (Å²) in [6.07, 6.45) is 7.71. The van der Waals surface area contributed by atoms with Crippen molar-refractivity contribution in [1.29, 1.82) is 0 Å². The van der Waals surface area contributed by atoms with Crippen LogP contribution >= 0.6 is 0 Å². The monoisotopic (exact) mass is 270 g/mol. The van der Waals surface area contributed by atoms with Gasteiger partial charge in [0.2, 0.25) is 0 Å². The molecule has 0 radical (unpaired) electrons. The van der Waals surface area contributed by atoms with Crippen molar-refractivity contribution in [3.8, 4) is 5.75 Å². The lowest BCUT2D eigenvalue weighted by molar-refractivity contribution is -0.130. The van der Waals surface area contributed by atoms with Gasteiger partial charge in [-0.3, -0.25) is 4.79 Å². The fraction of sp³-hybridized carbons (Fsp3) is 0.611. The minimum Gasteiger partial charge on any atom is -0.508 e. The molecule has 2 nitrogen and oxygen atoms in total. The van der Waals surface area contributed by atoms with Crippen molar-refractivity contribution in [2.75, 3.05) is 0 Å². The zero-order chi connectivity index (χ0) is 13.7. The highest BCUT2D eigenvalue weighted by Gasteiger charge is 2.45. The van der Waals surface area contributed by atoms with Crippen LogP contribution in [0.3, 0.4) is 0 Å². The van der Waals surface area contributed by atoms with E-state index >= 15 is 0 Å². The van der Waals surface area contributed by atoms with Crippen molar-refractivity contribution in [2.45, 2.75) is 50.9 Å². The molecule has 4 rings (SSSR count). The van der Waals surface area contributed by atoms with Crippen LogP contribution in [0.2, 0.25) is 0 Å². The first-order valence-corrected chi connectivity index (χ1v) is 8.08. The van der Waals surface area contributed by atoms with Crippen LogP contribution in [0.25, 0.3) is 0 Å². The minimum absolute atomic E-state index is 0.365. The molecule has 20 heavy (non-hydrogen) atoms. The summed E-state index contributed by atoms with van der Waals surface area (Å²) >= 11 is 0. The van der Waals surface area contributed by atoms with Crippen molar-refractivity contribution in [2.24, 2.45) is 17.8 Å². The number of rotatable bonds is 0. The Morgan fingerprint density at radius 2 is 1.75 bits per heavy atom. The van der Waals surface area contributed by atoms with E-state index in [9.17, 15) is 9.90 Å². The molecule has 1 N–H and O–H groups in total. The van der Waals surface area contributed by atoms with E-state index in [1.807, 2.05) is 12.1 Å². The van der Waals surface area contributed by atoms with Crippen molar-refractivity contribution >= 4 is 5.78 Å². The van der Waals surface area contributed by atoms with Gasteiger partial charge in [0.15, 0.2) is 0 Å². The number of aromatic hydroxyl groups is 1. The van der Waals surface area contributed by atoms with Gasteiger partial charge in [-0.2, -0.15) is 0 Å². The van der Waals surface area contributed by atoms with Gasteiger partial charge in [-0.05, 0) is 79.5 Å². The third-order valence-corrected chi connectivity index (χ3v) is 6.02. The Morgan fingerprint density at radius 3 is 2.65 bits per heavy atom. The standard InChI is InChI=1S/C18H22O2/c19-12-5-7-13-11(10-12)4-6-16-14-2-1-3-18(20)17(14)9-8-15(13)16/h5,7,10,14-17,19H,1-4,6,8-9H2. The van der Waals surface area contributed by atoms with E-state index in [1.54, 1.807) is 0 Å². The highest BCUT2D eigenvalue weighted by molar-refractivity contribution is 5.82. The molecule has 0 heterocycles. The minimum atomic E-state index is 0.365. The molecule has 4 unspecified atom stereocenters. The second-order valence-corrected chi connectivity index (χ2v) is 6.90. The summed E-state index contributed by atoms with van der Waals surface area (Å²) in [5.74, 6) is 3.27. The third kappa shape index (κ3) is 1.81. The van der Waals surface area contributed by atoms with Gasteiger partial charge in [0.1, 0.15) is 11.5 Å². The van der Waals surface area contributed by atoms with Gasteiger partial charge in [0, 0.05) is 12.3 Å². The van der Waals surface area contributed by atoms with E-state index in [-0.39, 0.29) is 0 Å². The number of ketones is 1. The first-order chi connectivity index (χ1) is 9.74. The number of phenols is 1. The maximum atomic E-state index is 12.2. The van der Waals surface area contributed by atoms with Crippen molar-refractivity contribution in [1.82, 2.24) is 0 Å². The molecule has 3 aliphatic carbocycles. The lowest BCUT2D eigenvalue weighted by atomic mass is 9.56. The Morgan fingerprint density at radius 1 is 0.950 bits per heavy atom. The molecule has 3 aliphatic rings. The smallest absolute Gasteiger partial charge is 0.136 e. The van der Waals surface area contributed by atoms with Gasteiger partial charge in [0.25, 0.3) is 0 Å². The van der Waals surface area contributed by atoms with Crippen LogP contribution in [-0.4, -0.2) is 10.9 Å². The van der Waals surface area contributed by atoms with Crippen LogP contribution in [0, 0.1) is 17.8 Å². The average molecular weight is 270 g/mol. The van der Waals surface area contributed by atoms with Crippen LogP contribution in [-0.2, 0) is 11.2 Å². The molecule has 2 saturated carbocycles. The van der Waals surface area contributed by atoms with Crippen LogP contribution in [0.5, 0.6) is 5.75 Å². The summed E-state index contributed by atoms with van der Waals surface area (Å²) in [5.41, 5.74) is 2.79. The zero-order valence-corrected chi connectivity index (χ0v) is 11.8. The molecule has 2 fully saturated rings. The molecule has 0 amide bonds. The highest BCUT2D eigenvalue weighted by Crippen LogP contribution is 2.53. The first kappa shape index (κ1) is 12.4. The summed E-state index contributed by atoms with van der Waals surface area (Å²) in [4.78, 5) is 12.2. The number of aryl methyl sites for hydroxylation is 1. The Kier molecular flexibility index (Phi) is 2.87. The summed E-state index contributed by atoms with van der Waals surface area (Å²) in [7, 11) is 0. The number of hydrogen-bond donors (Lipinski definition) is 1. The molecule has 0 aromatic heterocycles. The molecule has 4 atom stereocenters. The topological polar surface area (TPSA) is 37.3 Å². The molecule has 1 aromatic rings. The Bertz CT molecular complexity index is 548. The number of phenolic OH excluding ortho intramolecular Hbond substituents is 1. The fourth-order valence-corrected chi connectivity index (χ4v) is 5.19. The van der Waals surface area contributed by atoms with Gasteiger partial charge in [-0.15, -0.1) is 0 Å². The van der Waals surface area contributed by atoms with E-state index in [4.69, 9.17) is 0 Å². The van der Waals surface area contributed by atoms with Gasteiger partial charge in [-0.1, -0.05) is 6.07 Å². The molecule has 106 valence electrons. The molecule has 1 aromatic carbocycles. The van der Waals surface area contributed by atoms with Gasteiger partial charge in [-0.25, -0.2) is 0 Å². The zero-order valence-electron chi connectivity index (χ0n) is 11.8. The highest BCUT2D eigenvalue weighted by atomic mass is 16.3. The van der Waals surface area contributed by atoms with Crippen LogP contribution in [0.15, 0.2) is 18.2 Å². The number of carbonyl (C=O) groups is 1. The molecule has 0 aliphatic heterocycles. The van der Waals surface area contributed by atoms with Crippen molar-refractivity contribution < 1.29 is 9.90 Å². The van der Waals surface area contributed by atoms with Gasteiger partial charge < -0.3 is 5.11 Å². The number of carbonyl (C=O) groups excluding carboxylic acids is 1. The SMILES string of the molecule is O=C1CCCC2C1CCC1c3ccc(O)cc3CCC12. The maximum absolute atomic E-state index is 12.2. The summed E-state index contributed by atoms with van der Waals surface area (Å²) in [5, 5.41) is 9.66. The second kappa shape index (κ2) is 4.61. The lowest BCUT2D eigenvalue weighted by Gasteiger charge is -2.47. The summed E-state index contributed by atoms with van der Waals surface area (Å²) in [6, 6.07) is 5.91. The van der Waals surface area contributed by atoms with Crippen LogP contribution in [0.4, 0.5) is 0 Å². The normalized spacial score (nSPS) is 35.9. The van der Waals surface area contributed by atoms with E-state index in [0.717, 1.165) is 32.1 Å². The average Bonchev–Trinajstić information content (AvgIpc) is 2.46. The van der Waals surface area contributed by atoms with E-state index in [2.05, 4.69) is 6.07 Å². The largest absolute Gasteiger partial charge is 0.508 e. The lowest BCUT2D eigenvalue weighted by Crippen LogP contribution is -2.41. The molecule has 2 heteroatoms. The molecular formula is C18H22O2. The number of hydrogen-bond acceptors (Lipinski definition) is 2. The maximum Gasteiger partial charge on any atom is 0.136 e. The Hall–Kier alpha value is -1.31. The predicted octanol–water partition coefficient (Wildman–Crippen LogP) is 3.82. The van der Waals surface area contributed by atoms with E-state index in [0.29, 0.717) is 35.2 Å². The van der Waals surface area contributed by atoms with Gasteiger partial charge >= 0.3 is 0 Å².